The highest BCUT2D eigenvalue weighted by atomic mass is 16.7. The lowest BCUT2D eigenvalue weighted by atomic mass is 9.97. The van der Waals surface area contributed by atoms with Crippen LogP contribution in [-0.2, 0) is 19.2 Å². The van der Waals surface area contributed by atoms with Gasteiger partial charge in [0.05, 0.1) is 5.92 Å². The van der Waals surface area contributed by atoms with Crippen LogP contribution in [0.15, 0.2) is 0 Å². The van der Waals surface area contributed by atoms with Gasteiger partial charge < -0.3 is 9.57 Å². The minimum absolute atomic E-state index is 0.0953. The maximum Gasteiger partial charge on any atom is 0.410 e. The summed E-state index contributed by atoms with van der Waals surface area (Å²) in [5.74, 6) is -0.469. The lowest BCUT2D eigenvalue weighted by Crippen LogP contribution is -2.50. The van der Waals surface area contributed by atoms with Crippen molar-refractivity contribution in [3.8, 4) is 0 Å². The van der Waals surface area contributed by atoms with E-state index in [0.29, 0.717) is 12.3 Å². The van der Waals surface area contributed by atoms with Crippen molar-refractivity contribution in [3.63, 3.8) is 0 Å². The van der Waals surface area contributed by atoms with Crippen molar-refractivity contribution in [2.24, 2.45) is 11.8 Å². The van der Waals surface area contributed by atoms with Crippen molar-refractivity contribution in [1.82, 2.24) is 9.96 Å². The minimum Gasteiger partial charge on any atom is -0.444 e. The highest BCUT2D eigenvalue weighted by molar-refractivity contribution is 5.86. The van der Waals surface area contributed by atoms with Gasteiger partial charge in [-0.3, -0.25) is 9.69 Å². The molecule has 2 aliphatic carbocycles. The van der Waals surface area contributed by atoms with Crippen LogP contribution in [0.25, 0.3) is 0 Å². The summed E-state index contributed by atoms with van der Waals surface area (Å²) < 4.78 is 5.41. The van der Waals surface area contributed by atoms with Crippen molar-refractivity contribution in [2.75, 3.05) is 14.1 Å². The standard InChI is InChI=1S/C19H32N2O5/c1-19(2,3)25-18(24)20(4)15(12-13-8-6-7-9-13)16(22)21(5)26-17(23)14-10-11-14/h13-15H,6-12H2,1-5H3/t15-/m0/s1. The average Bonchev–Trinajstić information content (AvgIpc) is 3.27. The van der Waals surface area contributed by atoms with Crippen molar-refractivity contribution >= 4 is 18.0 Å². The number of hydroxylamine groups is 2. The summed E-state index contributed by atoms with van der Waals surface area (Å²) in [7, 11) is 3.01. The van der Waals surface area contributed by atoms with Crippen LogP contribution in [0.2, 0.25) is 0 Å². The van der Waals surface area contributed by atoms with Crippen molar-refractivity contribution in [3.05, 3.63) is 0 Å². The van der Waals surface area contributed by atoms with Crippen molar-refractivity contribution in [1.29, 1.82) is 0 Å². The van der Waals surface area contributed by atoms with Gasteiger partial charge in [-0.2, -0.15) is 5.06 Å². The Balaban J connectivity index is 2.06. The molecule has 7 nitrogen and oxygen atoms in total. The lowest BCUT2D eigenvalue weighted by molar-refractivity contribution is -0.196. The van der Waals surface area contributed by atoms with Crippen LogP contribution in [0.1, 0.15) is 65.7 Å². The summed E-state index contributed by atoms with van der Waals surface area (Å²) in [5, 5.41) is 0.987. The SMILES string of the molecule is CN(OC(=O)C1CC1)C(=O)[C@H](CC1CCCC1)N(C)C(=O)OC(C)(C)C. The Kier molecular flexibility index (Phi) is 6.53. The summed E-state index contributed by atoms with van der Waals surface area (Å²) in [6.45, 7) is 5.36. The number of hydrogen-bond donors (Lipinski definition) is 0. The second kappa shape index (κ2) is 8.27. The van der Waals surface area contributed by atoms with Gasteiger partial charge in [-0.05, 0) is 46.0 Å². The maximum atomic E-state index is 12.9. The molecule has 2 rings (SSSR count). The second-order valence-corrected chi connectivity index (χ2v) is 8.51. The summed E-state index contributed by atoms with van der Waals surface area (Å²) in [4.78, 5) is 43.8. The molecular formula is C19H32N2O5. The van der Waals surface area contributed by atoms with Gasteiger partial charge in [0.2, 0.25) is 0 Å². The van der Waals surface area contributed by atoms with Crippen LogP contribution in [0.5, 0.6) is 0 Å². The summed E-state index contributed by atoms with van der Waals surface area (Å²) in [6.07, 6.45) is 6.03. The highest BCUT2D eigenvalue weighted by Crippen LogP contribution is 2.32. The molecule has 1 atom stereocenters. The topological polar surface area (TPSA) is 76.2 Å². The monoisotopic (exact) mass is 368 g/mol. The maximum absolute atomic E-state index is 12.9. The van der Waals surface area contributed by atoms with E-state index in [1.54, 1.807) is 27.8 Å². The zero-order chi connectivity index (χ0) is 19.5. The van der Waals surface area contributed by atoms with E-state index in [4.69, 9.17) is 9.57 Å². The fraction of sp³-hybridized carbons (Fsp3) is 0.842. The van der Waals surface area contributed by atoms with E-state index >= 15 is 0 Å². The normalized spacial score (nSPS) is 19.0. The predicted molar refractivity (Wildman–Crippen MR) is 95.9 cm³/mol. The number of rotatable bonds is 5. The van der Waals surface area contributed by atoms with Gasteiger partial charge in [-0.25, -0.2) is 9.59 Å². The van der Waals surface area contributed by atoms with Crippen LogP contribution in [0, 0.1) is 11.8 Å². The third kappa shape index (κ3) is 5.88. The lowest BCUT2D eigenvalue weighted by Gasteiger charge is -2.33. The minimum atomic E-state index is -0.704. The molecule has 148 valence electrons. The number of carbonyl (C=O) groups is 3. The van der Waals surface area contributed by atoms with E-state index in [9.17, 15) is 14.4 Å². The van der Waals surface area contributed by atoms with Crippen LogP contribution in [0.3, 0.4) is 0 Å². The first-order chi connectivity index (χ1) is 12.1. The molecule has 0 N–H and O–H groups in total. The number of amides is 2. The van der Waals surface area contributed by atoms with E-state index in [1.807, 2.05) is 0 Å². The molecule has 0 heterocycles. The van der Waals surface area contributed by atoms with Gasteiger partial charge in [0.25, 0.3) is 5.91 Å². The first kappa shape index (κ1) is 20.5. The van der Waals surface area contributed by atoms with E-state index in [-0.39, 0.29) is 17.8 Å². The fourth-order valence-corrected chi connectivity index (χ4v) is 3.23. The summed E-state index contributed by atoms with van der Waals surface area (Å²) in [6, 6.07) is -0.704. The molecule has 26 heavy (non-hydrogen) atoms. The van der Waals surface area contributed by atoms with Gasteiger partial charge in [-0.1, -0.05) is 25.7 Å². The Morgan fingerprint density at radius 3 is 2.12 bits per heavy atom. The molecule has 2 amide bonds. The van der Waals surface area contributed by atoms with Crippen molar-refractivity contribution < 1.29 is 24.0 Å². The first-order valence-electron chi connectivity index (χ1n) is 9.53. The van der Waals surface area contributed by atoms with Gasteiger partial charge in [-0.15, -0.1) is 0 Å². The van der Waals surface area contributed by atoms with Gasteiger partial charge in [0.15, 0.2) is 0 Å². The molecule has 0 aromatic carbocycles. The molecule has 0 aliphatic heterocycles. The van der Waals surface area contributed by atoms with Gasteiger partial charge in [0, 0.05) is 14.1 Å². The highest BCUT2D eigenvalue weighted by Gasteiger charge is 2.38. The average molecular weight is 368 g/mol. The molecule has 0 aromatic heterocycles. The number of carbonyl (C=O) groups excluding carboxylic acids is 3. The summed E-state index contributed by atoms with van der Waals surface area (Å²) in [5.41, 5.74) is -0.642. The molecule has 2 saturated carbocycles. The molecule has 7 heteroatoms. The molecule has 0 unspecified atom stereocenters. The molecule has 0 aromatic rings. The largest absolute Gasteiger partial charge is 0.444 e. The van der Waals surface area contributed by atoms with Crippen LogP contribution < -0.4 is 0 Å². The van der Waals surface area contributed by atoms with Crippen LogP contribution >= 0.6 is 0 Å². The Hall–Kier alpha value is -1.79. The Morgan fingerprint density at radius 1 is 1.04 bits per heavy atom. The predicted octanol–water partition coefficient (Wildman–Crippen LogP) is 3.13. The quantitative estimate of drug-likeness (QED) is 0.697. The second-order valence-electron chi connectivity index (χ2n) is 8.51. The summed E-state index contributed by atoms with van der Waals surface area (Å²) >= 11 is 0. The van der Waals surface area contributed by atoms with E-state index in [1.165, 1.54) is 11.9 Å². The first-order valence-corrected chi connectivity index (χ1v) is 9.53. The zero-order valence-corrected chi connectivity index (χ0v) is 16.6. The van der Waals surface area contributed by atoms with Crippen LogP contribution in [0.4, 0.5) is 4.79 Å². The number of ether oxygens (including phenoxy) is 1. The third-order valence-electron chi connectivity index (χ3n) is 4.91. The molecular weight excluding hydrogens is 336 g/mol. The molecule has 0 radical (unpaired) electrons. The van der Waals surface area contributed by atoms with Gasteiger partial charge >= 0.3 is 12.1 Å². The Morgan fingerprint density at radius 2 is 1.62 bits per heavy atom. The van der Waals surface area contributed by atoms with Gasteiger partial charge in [0.1, 0.15) is 11.6 Å². The van der Waals surface area contributed by atoms with Crippen LogP contribution in [-0.4, -0.2) is 53.7 Å². The van der Waals surface area contributed by atoms with E-state index < -0.39 is 17.7 Å². The molecule has 0 saturated heterocycles. The fourth-order valence-electron chi connectivity index (χ4n) is 3.23. The molecule has 2 aliphatic rings. The third-order valence-corrected chi connectivity index (χ3v) is 4.91. The number of nitrogens with zero attached hydrogens (tertiary/aromatic N) is 2. The number of hydrogen-bond acceptors (Lipinski definition) is 5. The zero-order valence-electron chi connectivity index (χ0n) is 16.6. The smallest absolute Gasteiger partial charge is 0.410 e. The molecule has 2 fully saturated rings. The van der Waals surface area contributed by atoms with Crippen molar-refractivity contribution in [2.45, 2.75) is 77.4 Å². The van der Waals surface area contributed by atoms with E-state index in [0.717, 1.165) is 43.6 Å². The Bertz CT molecular complexity index is 533. The molecule has 0 spiro atoms. The van der Waals surface area contributed by atoms with E-state index in [2.05, 4.69) is 0 Å². The number of likely N-dealkylation sites (N-methyl/N-ethyl adjacent to an activating group) is 2. The Labute approximate surface area is 155 Å². The molecule has 0 bridgehead atoms.